The fourth-order valence-corrected chi connectivity index (χ4v) is 1.35. The van der Waals surface area contributed by atoms with Gasteiger partial charge in [0.25, 0.3) is 0 Å². The van der Waals surface area contributed by atoms with Crippen molar-refractivity contribution in [1.29, 1.82) is 0 Å². The average molecular weight is 194 g/mol. The fraction of sp³-hybridized carbons (Fsp3) is 0.300. The fourth-order valence-electron chi connectivity index (χ4n) is 1.35. The van der Waals surface area contributed by atoms with E-state index in [1.165, 1.54) is 19.3 Å². The van der Waals surface area contributed by atoms with Gasteiger partial charge in [-0.2, -0.15) is 0 Å². The number of esters is 1. The van der Waals surface area contributed by atoms with Gasteiger partial charge in [-0.1, -0.05) is 6.08 Å². The summed E-state index contributed by atoms with van der Waals surface area (Å²) < 4.78 is 4.47. The second-order valence-electron chi connectivity index (χ2n) is 2.81. The lowest BCUT2D eigenvalue weighted by Crippen LogP contribution is -2.11. The van der Waals surface area contributed by atoms with Crippen LogP contribution in [0.25, 0.3) is 0 Å². The lowest BCUT2D eigenvalue weighted by molar-refractivity contribution is -0.137. The summed E-state index contributed by atoms with van der Waals surface area (Å²) in [6, 6.07) is 0. The highest BCUT2D eigenvalue weighted by Gasteiger charge is 2.27. The molecule has 0 atom stereocenters. The lowest BCUT2D eigenvalue weighted by Gasteiger charge is -1.99. The number of methoxy groups -OCH3 is 1. The van der Waals surface area contributed by atoms with Crippen LogP contribution in [0.5, 0.6) is 0 Å². The molecule has 0 aromatic rings. The maximum absolute atomic E-state index is 11.3. The van der Waals surface area contributed by atoms with Crippen LogP contribution in [0.4, 0.5) is 0 Å². The van der Waals surface area contributed by atoms with E-state index in [0.717, 1.165) is 0 Å². The smallest absolute Gasteiger partial charge is 0.341 e. The first kappa shape index (κ1) is 10.4. The van der Waals surface area contributed by atoms with Crippen molar-refractivity contribution in [3.05, 3.63) is 23.3 Å². The van der Waals surface area contributed by atoms with Crippen molar-refractivity contribution >= 4 is 18.0 Å². The van der Waals surface area contributed by atoms with Crippen molar-refractivity contribution in [2.45, 2.75) is 12.8 Å². The molecule has 0 aliphatic heterocycles. The molecular formula is C10H10O4. The highest BCUT2D eigenvalue weighted by Crippen LogP contribution is 2.24. The molecule has 0 unspecified atom stereocenters. The highest BCUT2D eigenvalue weighted by molar-refractivity contribution is 6.20. The Morgan fingerprint density at radius 1 is 1.43 bits per heavy atom. The largest absolute Gasteiger partial charge is 0.465 e. The van der Waals surface area contributed by atoms with Crippen LogP contribution in [-0.4, -0.2) is 25.1 Å². The Labute approximate surface area is 81.2 Å². The minimum atomic E-state index is -0.627. The molecule has 1 rings (SSSR count). The summed E-state index contributed by atoms with van der Waals surface area (Å²) in [6.45, 7) is 0. The molecule has 1 aliphatic rings. The number of ether oxygens (including phenoxy) is 1. The van der Waals surface area contributed by atoms with E-state index in [4.69, 9.17) is 0 Å². The maximum Gasteiger partial charge on any atom is 0.341 e. The van der Waals surface area contributed by atoms with Crippen molar-refractivity contribution in [3.63, 3.8) is 0 Å². The summed E-state index contributed by atoms with van der Waals surface area (Å²) in [5, 5.41) is 0. The molecule has 0 aromatic carbocycles. The Balaban J connectivity index is 3.01. The van der Waals surface area contributed by atoms with Gasteiger partial charge in [0, 0.05) is 6.42 Å². The first-order chi connectivity index (χ1) is 6.70. The number of rotatable bonds is 3. The summed E-state index contributed by atoms with van der Waals surface area (Å²) in [4.78, 5) is 32.5. The number of hydrogen-bond donors (Lipinski definition) is 0. The highest BCUT2D eigenvalue weighted by atomic mass is 16.5. The molecule has 4 heteroatoms. The normalized spacial score (nSPS) is 16.5. The quantitative estimate of drug-likeness (QED) is 0.285. The monoisotopic (exact) mass is 194 g/mol. The van der Waals surface area contributed by atoms with Gasteiger partial charge in [-0.05, 0) is 18.1 Å². The van der Waals surface area contributed by atoms with Gasteiger partial charge in [-0.15, -0.1) is 0 Å². The third-order valence-electron chi connectivity index (χ3n) is 1.99. The molecule has 1 aliphatic carbocycles. The van der Waals surface area contributed by atoms with E-state index in [0.29, 0.717) is 24.7 Å². The Kier molecular flexibility index (Phi) is 3.34. The number of allylic oxidation sites excluding steroid dienone is 3. The third-order valence-corrected chi connectivity index (χ3v) is 1.99. The van der Waals surface area contributed by atoms with E-state index in [2.05, 4.69) is 4.74 Å². The second kappa shape index (κ2) is 4.50. The maximum atomic E-state index is 11.3. The Morgan fingerprint density at radius 2 is 2.14 bits per heavy atom. The van der Waals surface area contributed by atoms with Crippen LogP contribution < -0.4 is 0 Å². The first-order valence-corrected chi connectivity index (χ1v) is 4.17. The number of aldehydes is 1. The van der Waals surface area contributed by atoms with E-state index < -0.39 is 5.97 Å². The second-order valence-corrected chi connectivity index (χ2v) is 2.81. The van der Waals surface area contributed by atoms with Gasteiger partial charge >= 0.3 is 5.97 Å². The van der Waals surface area contributed by atoms with Crippen LogP contribution in [0.15, 0.2) is 23.3 Å². The van der Waals surface area contributed by atoms with Gasteiger partial charge in [0.1, 0.15) is 11.9 Å². The molecule has 0 radical (unpaired) electrons. The van der Waals surface area contributed by atoms with Gasteiger partial charge in [-0.25, -0.2) is 4.79 Å². The predicted octanol–water partition coefficient (Wildman–Crippen LogP) is 0.574. The minimum Gasteiger partial charge on any atom is -0.465 e. The van der Waals surface area contributed by atoms with Gasteiger partial charge in [-0.3, -0.25) is 9.59 Å². The topological polar surface area (TPSA) is 60.4 Å². The van der Waals surface area contributed by atoms with Crippen LogP contribution in [0.2, 0.25) is 0 Å². The minimum absolute atomic E-state index is 0.0746. The average Bonchev–Trinajstić information content (AvgIpc) is 2.55. The van der Waals surface area contributed by atoms with Crippen LogP contribution >= 0.6 is 0 Å². The molecule has 0 aromatic heterocycles. The Morgan fingerprint density at radius 3 is 2.71 bits per heavy atom. The van der Waals surface area contributed by atoms with E-state index in [1.807, 2.05) is 0 Å². The third kappa shape index (κ3) is 1.96. The zero-order chi connectivity index (χ0) is 10.6. The first-order valence-electron chi connectivity index (χ1n) is 4.17. The van der Waals surface area contributed by atoms with Gasteiger partial charge in [0.15, 0.2) is 5.78 Å². The molecule has 0 saturated heterocycles. The Hall–Kier alpha value is -1.71. The van der Waals surface area contributed by atoms with Crippen molar-refractivity contribution in [2.75, 3.05) is 7.11 Å². The molecule has 0 amide bonds. The molecule has 74 valence electrons. The van der Waals surface area contributed by atoms with Crippen LogP contribution in [0.1, 0.15) is 12.8 Å². The molecule has 4 nitrogen and oxygen atoms in total. The van der Waals surface area contributed by atoms with Crippen LogP contribution in [-0.2, 0) is 19.1 Å². The van der Waals surface area contributed by atoms with E-state index in [9.17, 15) is 14.4 Å². The van der Waals surface area contributed by atoms with Gasteiger partial charge in [0.2, 0.25) is 0 Å². The van der Waals surface area contributed by atoms with Gasteiger partial charge in [0.05, 0.1) is 7.11 Å². The van der Waals surface area contributed by atoms with Crippen molar-refractivity contribution in [1.82, 2.24) is 0 Å². The summed E-state index contributed by atoms with van der Waals surface area (Å²) in [5.41, 5.74) is 0.652. The summed E-state index contributed by atoms with van der Waals surface area (Å²) >= 11 is 0. The zero-order valence-electron chi connectivity index (χ0n) is 7.78. The van der Waals surface area contributed by atoms with Gasteiger partial charge < -0.3 is 4.74 Å². The molecule has 0 fully saturated rings. The molecule has 0 bridgehead atoms. The summed E-state index contributed by atoms with van der Waals surface area (Å²) in [5.74, 6) is -0.847. The predicted molar refractivity (Wildman–Crippen MR) is 48.5 cm³/mol. The van der Waals surface area contributed by atoms with Crippen LogP contribution in [0, 0.1) is 0 Å². The molecule has 14 heavy (non-hydrogen) atoms. The number of carbonyl (C=O) groups excluding carboxylic acids is 3. The SMILES string of the molecule is COC(=O)C1=C(/C=C/C=O)CCC1=O. The number of carbonyl (C=O) groups is 3. The molecule has 0 N–H and O–H groups in total. The summed E-state index contributed by atoms with van der Waals surface area (Å²) in [7, 11) is 1.22. The number of Topliss-reactive ketones (excluding diaryl/α,β-unsaturated/α-hetero) is 1. The summed E-state index contributed by atoms with van der Waals surface area (Å²) in [6.07, 6.45) is 4.14. The number of hydrogen-bond acceptors (Lipinski definition) is 4. The zero-order valence-corrected chi connectivity index (χ0v) is 7.78. The molecule has 0 saturated carbocycles. The van der Waals surface area contributed by atoms with Crippen molar-refractivity contribution < 1.29 is 19.1 Å². The Bertz CT molecular complexity index is 336. The molecule has 0 spiro atoms. The van der Waals surface area contributed by atoms with E-state index in [-0.39, 0.29) is 11.4 Å². The standard InChI is InChI=1S/C10H10O4/c1-14-10(13)9-7(3-2-6-11)4-5-8(9)12/h2-3,6H,4-5H2,1H3/b3-2+. The number of ketones is 1. The lowest BCUT2D eigenvalue weighted by atomic mass is 10.1. The molecular weight excluding hydrogens is 184 g/mol. The van der Waals surface area contributed by atoms with E-state index in [1.54, 1.807) is 0 Å². The van der Waals surface area contributed by atoms with E-state index >= 15 is 0 Å². The van der Waals surface area contributed by atoms with Crippen molar-refractivity contribution in [2.24, 2.45) is 0 Å². The molecule has 0 heterocycles. The van der Waals surface area contributed by atoms with Crippen LogP contribution in [0.3, 0.4) is 0 Å². The van der Waals surface area contributed by atoms with Crippen molar-refractivity contribution in [3.8, 4) is 0 Å².